The molecule has 3 rings (SSSR count). The number of nitrogens with two attached hydrogens (primary N) is 1. The lowest BCUT2D eigenvalue weighted by molar-refractivity contribution is 0.415. The molecule has 0 radical (unpaired) electrons. The summed E-state index contributed by atoms with van der Waals surface area (Å²) in [6.45, 7) is 2.65. The molecule has 5 nitrogen and oxygen atoms in total. The quantitative estimate of drug-likeness (QED) is 0.730. The molecule has 0 amide bonds. The smallest absolute Gasteiger partial charge is 0.160 e. The molecule has 2 N–H and O–H groups in total. The van der Waals surface area contributed by atoms with Gasteiger partial charge >= 0.3 is 0 Å². The zero-order valence-corrected chi connectivity index (χ0v) is 13.9. The maximum Gasteiger partial charge on any atom is 0.160 e. The molecule has 0 aliphatic heterocycles. The highest BCUT2D eigenvalue weighted by Gasteiger charge is 2.14. The number of ether oxygens (including phenoxy) is 1. The van der Waals surface area contributed by atoms with E-state index in [1.807, 2.05) is 43.5 Å². The summed E-state index contributed by atoms with van der Waals surface area (Å²) in [6, 6.07) is 9.86. The molecule has 0 unspecified atom stereocenters. The van der Waals surface area contributed by atoms with Gasteiger partial charge in [0.15, 0.2) is 5.65 Å². The van der Waals surface area contributed by atoms with E-state index in [0.717, 1.165) is 33.9 Å². The van der Waals surface area contributed by atoms with E-state index < -0.39 is 0 Å². The van der Waals surface area contributed by atoms with Crippen molar-refractivity contribution in [2.75, 3.05) is 7.11 Å². The molecule has 0 atom stereocenters. The number of rotatable bonds is 5. The summed E-state index contributed by atoms with van der Waals surface area (Å²) in [7, 11) is 1.65. The molecule has 2 aromatic heterocycles. The topological polar surface area (TPSA) is 66.0 Å². The minimum atomic E-state index is 0.482. The fraction of sp³-hybridized carbons (Fsp3) is 0.235. The van der Waals surface area contributed by atoms with Gasteiger partial charge in [-0.2, -0.15) is 0 Å². The molecule has 6 heteroatoms. The van der Waals surface area contributed by atoms with Crippen molar-refractivity contribution in [1.82, 2.24) is 14.5 Å². The first kappa shape index (κ1) is 15.4. The van der Waals surface area contributed by atoms with Crippen LogP contribution in [0.3, 0.4) is 0 Å². The zero-order valence-electron chi connectivity index (χ0n) is 13.1. The number of thiocarbonyl (C=S) groups is 1. The Morgan fingerprint density at radius 1 is 1.35 bits per heavy atom. The van der Waals surface area contributed by atoms with Gasteiger partial charge in [0, 0.05) is 24.7 Å². The molecule has 23 heavy (non-hydrogen) atoms. The number of nitrogens with zero attached hydrogens (tertiary/aromatic N) is 3. The van der Waals surface area contributed by atoms with Crippen LogP contribution in [-0.4, -0.2) is 26.6 Å². The Bertz CT molecular complexity index is 872. The van der Waals surface area contributed by atoms with Crippen molar-refractivity contribution in [3.63, 3.8) is 0 Å². The SMILES string of the molecule is COc1cccc(-c2nc3cc(C)cnc3n2CCC(N)=S)c1. The van der Waals surface area contributed by atoms with Crippen LogP contribution in [-0.2, 0) is 6.54 Å². The fourth-order valence-electron chi connectivity index (χ4n) is 2.53. The largest absolute Gasteiger partial charge is 0.497 e. The number of aromatic nitrogens is 3. The number of hydrogen-bond acceptors (Lipinski definition) is 4. The van der Waals surface area contributed by atoms with Crippen molar-refractivity contribution in [3.8, 4) is 17.1 Å². The first-order valence-corrected chi connectivity index (χ1v) is 7.75. The maximum atomic E-state index is 5.67. The number of aryl methyl sites for hydroxylation is 2. The van der Waals surface area contributed by atoms with Crippen LogP contribution in [0, 0.1) is 6.92 Å². The molecule has 0 aliphatic rings. The number of fused-ring (bicyclic) bond motifs is 1. The van der Waals surface area contributed by atoms with Crippen molar-refractivity contribution in [2.24, 2.45) is 5.73 Å². The van der Waals surface area contributed by atoms with Gasteiger partial charge in [-0.25, -0.2) is 9.97 Å². The van der Waals surface area contributed by atoms with Gasteiger partial charge < -0.3 is 15.0 Å². The van der Waals surface area contributed by atoms with Crippen LogP contribution in [0.2, 0.25) is 0 Å². The summed E-state index contributed by atoms with van der Waals surface area (Å²) in [5, 5.41) is 0. The molecule has 118 valence electrons. The third kappa shape index (κ3) is 3.17. The van der Waals surface area contributed by atoms with Gasteiger partial charge in [0.1, 0.15) is 17.1 Å². The van der Waals surface area contributed by atoms with Gasteiger partial charge in [0.25, 0.3) is 0 Å². The summed E-state index contributed by atoms with van der Waals surface area (Å²) in [4.78, 5) is 9.77. The van der Waals surface area contributed by atoms with Crippen molar-refractivity contribution >= 4 is 28.4 Å². The highest BCUT2D eigenvalue weighted by Crippen LogP contribution is 2.27. The van der Waals surface area contributed by atoms with Crippen LogP contribution in [0.25, 0.3) is 22.6 Å². The second kappa shape index (κ2) is 6.34. The minimum Gasteiger partial charge on any atom is -0.497 e. The molecule has 0 aliphatic carbocycles. The van der Waals surface area contributed by atoms with Crippen molar-refractivity contribution < 1.29 is 4.74 Å². The van der Waals surface area contributed by atoms with Crippen LogP contribution >= 0.6 is 12.2 Å². The molecule has 0 bridgehead atoms. The average molecular weight is 326 g/mol. The van der Waals surface area contributed by atoms with Crippen LogP contribution in [0.1, 0.15) is 12.0 Å². The highest BCUT2D eigenvalue weighted by atomic mass is 32.1. The number of methoxy groups -OCH3 is 1. The third-order valence-electron chi connectivity index (χ3n) is 3.63. The van der Waals surface area contributed by atoms with Crippen molar-refractivity contribution in [3.05, 3.63) is 42.1 Å². The lowest BCUT2D eigenvalue weighted by Crippen LogP contribution is -2.12. The number of benzene rings is 1. The van der Waals surface area contributed by atoms with Crippen molar-refractivity contribution in [2.45, 2.75) is 19.9 Å². The summed E-state index contributed by atoms with van der Waals surface area (Å²) in [6.07, 6.45) is 2.45. The van der Waals surface area contributed by atoms with Crippen molar-refractivity contribution in [1.29, 1.82) is 0 Å². The van der Waals surface area contributed by atoms with E-state index in [4.69, 9.17) is 27.7 Å². The van der Waals surface area contributed by atoms with Gasteiger partial charge in [-0.3, -0.25) is 0 Å². The predicted molar refractivity (Wildman–Crippen MR) is 95.7 cm³/mol. The molecule has 0 saturated carbocycles. The van der Waals surface area contributed by atoms with Crippen LogP contribution in [0.15, 0.2) is 36.5 Å². The normalized spacial score (nSPS) is 10.9. The van der Waals surface area contributed by atoms with E-state index in [9.17, 15) is 0 Å². The lowest BCUT2D eigenvalue weighted by atomic mass is 10.2. The van der Waals surface area contributed by atoms with E-state index in [0.29, 0.717) is 18.0 Å². The first-order valence-electron chi connectivity index (χ1n) is 7.34. The van der Waals surface area contributed by atoms with Gasteiger partial charge in [-0.05, 0) is 30.7 Å². The summed E-state index contributed by atoms with van der Waals surface area (Å²) < 4.78 is 7.37. The van der Waals surface area contributed by atoms with E-state index in [1.165, 1.54) is 0 Å². The monoisotopic (exact) mass is 326 g/mol. The number of imidazole rings is 1. The Labute approximate surface area is 140 Å². The van der Waals surface area contributed by atoms with Gasteiger partial charge in [-0.1, -0.05) is 24.4 Å². The Balaban J connectivity index is 2.16. The number of hydrogen-bond donors (Lipinski definition) is 1. The molecule has 2 heterocycles. The Morgan fingerprint density at radius 2 is 2.17 bits per heavy atom. The fourth-order valence-corrected chi connectivity index (χ4v) is 2.62. The summed E-state index contributed by atoms with van der Waals surface area (Å²) in [5.41, 5.74) is 9.43. The molecule has 0 spiro atoms. The van der Waals surface area contributed by atoms with E-state index in [-0.39, 0.29) is 0 Å². The third-order valence-corrected chi connectivity index (χ3v) is 3.84. The van der Waals surface area contributed by atoms with Gasteiger partial charge in [0.2, 0.25) is 0 Å². The van der Waals surface area contributed by atoms with E-state index >= 15 is 0 Å². The molecule has 0 fully saturated rings. The Morgan fingerprint density at radius 3 is 2.91 bits per heavy atom. The zero-order chi connectivity index (χ0) is 16.4. The second-order valence-electron chi connectivity index (χ2n) is 5.39. The van der Waals surface area contributed by atoms with E-state index in [2.05, 4.69) is 9.55 Å². The maximum absolute atomic E-state index is 5.67. The van der Waals surface area contributed by atoms with Crippen LogP contribution in [0.5, 0.6) is 5.75 Å². The molecule has 0 saturated heterocycles. The molecular formula is C17H18N4OS. The van der Waals surface area contributed by atoms with Gasteiger partial charge in [0.05, 0.1) is 12.1 Å². The molecule has 1 aromatic carbocycles. The Kier molecular flexibility index (Phi) is 4.25. The highest BCUT2D eigenvalue weighted by molar-refractivity contribution is 7.80. The lowest BCUT2D eigenvalue weighted by Gasteiger charge is -2.09. The predicted octanol–water partition coefficient (Wildman–Crippen LogP) is 3.09. The Hall–Kier alpha value is -2.47. The number of pyridine rings is 1. The summed E-state index contributed by atoms with van der Waals surface area (Å²) in [5.74, 6) is 1.63. The van der Waals surface area contributed by atoms with Crippen LogP contribution < -0.4 is 10.5 Å². The van der Waals surface area contributed by atoms with Crippen LogP contribution in [0.4, 0.5) is 0 Å². The van der Waals surface area contributed by atoms with E-state index in [1.54, 1.807) is 7.11 Å². The second-order valence-corrected chi connectivity index (χ2v) is 5.92. The van der Waals surface area contributed by atoms with Gasteiger partial charge in [-0.15, -0.1) is 0 Å². The minimum absolute atomic E-state index is 0.482. The summed E-state index contributed by atoms with van der Waals surface area (Å²) >= 11 is 5.02. The first-order chi connectivity index (χ1) is 11.1. The average Bonchev–Trinajstić information content (AvgIpc) is 2.90. The molecular weight excluding hydrogens is 308 g/mol. The molecule has 3 aromatic rings. The standard InChI is InChI=1S/C17H18N4OS/c1-11-8-14-17(19-10-11)21(7-6-15(18)23)16(20-14)12-4-3-5-13(9-12)22-2/h3-5,8-10H,6-7H2,1-2H3,(H2,18,23).